The van der Waals surface area contributed by atoms with Crippen molar-refractivity contribution in [2.75, 3.05) is 18.9 Å². The second kappa shape index (κ2) is 9.62. The first kappa shape index (κ1) is 22.8. The molecule has 3 aromatic carbocycles. The maximum atomic E-state index is 13.9. The van der Waals surface area contributed by atoms with Crippen molar-refractivity contribution in [2.24, 2.45) is 0 Å². The van der Waals surface area contributed by atoms with Crippen molar-refractivity contribution in [3.63, 3.8) is 0 Å². The van der Waals surface area contributed by atoms with Gasteiger partial charge in [-0.05, 0) is 30.3 Å². The lowest BCUT2D eigenvalue weighted by Gasteiger charge is -2.17. The molecule has 0 unspecified atom stereocenters. The molecule has 1 N–H and O–H groups in total. The zero-order valence-electron chi connectivity index (χ0n) is 18.0. The first-order valence-corrected chi connectivity index (χ1v) is 10.2. The maximum Gasteiger partial charge on any atom is 0.272 e. The Balaban J connectivity index is 1.58. The molecule has 4 aromatic rings. The van der Waals surface area contributed by atoms with E-state index in [2.05, 4.69) is 10.4 Å². The quantitative estimate of drug-likeness (QED) is 0.422. The van der Waals surface area contributed by atoms with E-state index in [0.29, 0.717) is 17.4 Å². The van der Waals surface area contributed by atoms with Crippen LogP contribution in [-0.2, 0) is 4.79 Å². The molecule has 0 aliphatic carbocycles. The number of rotatable bonds is 6. The minimum atomic E-state index is -1.69. The van der Waals surface area contributed by atoms with E-state index < -0.39 is 41.5 Å². The molecule has 0 atom stereocenters. The number of benzene rings is 3. The molecule has 172 valence electrons. The maximum absolute atomic E-state index is 13.9. The number of carbonyl (C=O) groups is 2. The summed E-state index contributed by atoms with van der Waals surface area (Å²) in [6.45, 7) is -0.460. The summed E-state index contributed by atoms with van der Waals surface area (Å²) in [5.41, 5.74) is 1.70. The number of para-hydroxylation sites is 1. The van der Waals surface area contributed by atoms with Gasteiger partial charge < -0.3 is 10.2 Å². The molecule has 0 radical (unpaired) electrons. The summed E-state index contributed by atoms with van der Waals surface area (Å²) >= 11 is 0. The molecule has 0 aliphatic rings. The van der Waals surface area contributed by atoms with E-state index in [9.17, 15) is 22.8 Å². The Bertz CT molecular complexity index is 1340. The topological polar surface area (TPSA) is 67.2 Å². The third kappa shape index (κ3) is 4.68. The highest BCUT2D eigenvalue weighted by Gasteiger charge is 2.23. The van der Waals surface area contributed by atoms with Crippen molar-refractivity contribution in [3.8, 4) is 16.9 Å². The van der Waals surface area contributed by atoms with E-state index in [0.717, 1.165) is 16.5 Å². The van der Waals surface area contributed by atoms with Crippen molar-refractivity contribution in [1.82, 2.24) is 14.7 Å². The molecule has 0 aliphatic heterocycles. The van der Waals surface area contributed by atoms with Gasteiger partial charge in [0.05, 0.1) is 23.6 Å². The molecule has 0 spiro atoms. The normalized spacial score (nSPS) is 10.7. The summed E-state index contributed by atoms with van der Waals surface area (Å²) in [6, 6.07) is 21.5. The third-order valence-corrected chi connectivity index (χ3v) is 5.04. The Morgan fingerprint density at radius 2 is 1.56 bits per heavy atom. The lowest BCUT2D eigenvalue weighted by molar-refractivity contribution is -0.116. The van der Waals surface area contributed by atoms with Crippen LogP contribution in [-0.4, -0.2) is 40.1 Å². The average molecular weight is 464 g/mol. The summed E-state index contributed by atoms with van der Waals surface area (Å²) in [4.78, 5) is 26.7. The summed E-state index contributed by atoms with van der Waals surface area (Å²) in [5.74, 6) is -5.88. The molecule has 34 heavy (non-hydrogen) atoms. The number of nitrogens with zero attached hydrogens (tertiary/aromatic N) is 3. The lowest BCUT2D eigenvalue weighted by Crippen LogP contribution is -2.36. The Morgan fingerprint density at radius 3 is 2.24 bits per heavy atom. The third-order valence-electron chi connectivity index (χ3n) is 5.04. The number of carbonyl (C=O) groups excluding carboxylic acids is 2. The Morgan fingerprint density at radius 1 is 0.912 bits per heavy atom. The summed E-state index contributed by atoms with van der Waals surface area (Å²) in [5, 5.41) is 6.73. The number of aromatic nitrogens is 2. The zero-order chi connectivity index (χ0) is 24.2. The second-order valence-electron chi connectivity index (χ2n) is 7.46. The number of amides is 2. The highest BCUT2D eigenvalue weighted by molar-refractivity contribution is 5.99. The van der Waals surface area contributed by atoms with Gasteiger partial charge in [-0.25, -0.2) is 17.9 Å². The van der Waals surface area contributed by atoms with Crippen LogP contribution >= 0.6 is 0 Å². The smallest absolute Gasteiger partial charge is 0.272 e. The number of halogens is 3. The van der Waals surface area contributed by atoms with Gasteiger partial charge in [-0.1, -0.05) is 48.5 Å². The van der Waals surface area contributed by atoms with Crippen molar-refractivity contribution in [1.29, 1.82) is 0 Å². The van der Waals surface area contributed by atoms with Gasteiger partial charge in [-0.3, -0.25) is 9.59 Å². The lowest BCUT2D eigenvalue weighted by atomic mass is 10.1. The van der Waals surface area contributed by atoms with Crippen LogP contribution in [0.4, 0.5) is 18.9 Å². The van der Waals surface area contributed by atoms with Crippen LogP contribution in [0, 0.1) is 17.5 Å². The summed E-state index contributed by atoms with van der Waals surface area (Å²) in [6.07, 6.45) is 0. The molecule has 0 saturated heterocycles. The molecule has 9 heteroatoms. The molecule has 2 amide bonds. The summed E-state index contributed by atoms with van der Waals surface area (Å²) in [7, 11) is 1.40. The van der Waals surface area contributed by atoms with Crippen LogP contribution in [0.2, 0.25) is 0 Å². The van der Waals surface area contributed by atoms with Crippen molar-refractivity contribution < 1.29 is 22.8 Å². The van der Waals surface area contributed by atoms with Crippen LogP contribution < -0.4 is 5.32 Å². The molecule has 6 nitrogen and oxygen atoms in total. The van der Waals surface area contributed by atoms with Crippen molar-refractivity contribution in [2.45, 2.75) is 0 Å². The SMILES string of the molecule is CN(CC(=O)Nc1ccc(F)c(F)c1F)C(=O)c1cc(-c2ccccc2)nn1-c1ccccc1. The summed E-state index contributed by atoms with van der Waals surface area (Å²) < 4.78 is 41.9. The number of hydrogen-bond acceptors (Lipinski definition) is 3. The number of anilines is 1. The fourth-order valence-electron chi connectivity index (χ4n) is 3.34. The predicted molar refractivity (Wildman–Crippen MR) is 121 cm³/mol. The minimum Gasteiger partial charge on any atom is -0.331 e. The highest BCUT2D eigenvalue weighted by atomic mass is 19.2. The Hall–Kier alpha value is -4.40. The number of hydrogen-bond donors (Lipinski definition) is 1. The fraction of sp³-hybridized carbons (Fsp3) is 0.0800. The zero-order valence-corrected chi connectivity index (χ0v) is 18.0. The average Bonchev–Trinajstić information content (AvgIpc) is 3.30. The molecule has 1 heterocycles. The molecule has 4 rings (SSSR count). The van der Waals surface area contributed by atoms with Gasteiger partial charge in [0.1, 0.15) is 5.69 Å². The van der Waals surface area contributed by atoms with Crippen molar-refractivity contribution in [3.05, 3.63) is 102 Å². The second-order valence-corrected chi connectivity index (χ2v) is 7.46. The molecular weight excluding hydrogens is 445 g/mol. The van der Waals surface area contributed by atoms with Gasteiger partial charge in [0, 0.05) is 12.6 Å². The van der Waals surface area contributed by atoms with Crippen LogP contribution in [0.15, 0.2) is 78.9 Å². The van der Waals surface area contributed by atoms with Gasteiger partial charge in [0.2, 0.25) is 5.91 Å². The Kier molecular flexibility index (Phi) is 6.44. The van der Waals surface area contributed by atoms with Crippen LogP contribution in [0.5, 0.6) is 0 Å². The first-order chi connectivity index (χ1) is 16.3. The van der Waals surface area contributed by atoms with Crippen LogP contribution in [0.3, 0.4) is 0 Å². The van der Waals surface area contributed by atoms with E-state index in [1.54, 1.807) is 30.3 Å². The van der Waals surface area contributed by atoms with E-state index in [1.165, 1.54) is 11.7 Å². The van der Waals surface area contributed by atoms with Gasteiger partial charge in [0.25, 0.3) is 5.91 Å². The molecule has 0 bridgehead atoms. The van der Waals surface area contributed by atoms with E-state index >= 15 is 0 Å². The largest absolute Gasteiger partial charge is 0.331 e. The van der Waals surface area contributed by atoms with E-state index in [4.69, 9.17) is 0 Å². The minimum absolute atomic E-state index is 0.208. The molecule has 0 saturated carbocycles. The Labute approximate surface area is 193 Å². The van der Waals surface area contributed by atoms with E-state index in [-0.39, 0.29) is 5.69 Å². The van der Waals surface area contributed by atoms with Gasteiger partial charge in [0.15, 0.2) is 17.5 Å². The van der Waals surface area contributed by atoms with Gasteiger partial charge in [-0.2, -0.15) is 5.10 Å². The number of likely N-dealkylation sites (N-methyl/N-ethyl adjacent to an activating group) is 1. The molecule has 1 aromatic heterocycles. The van der Waals surface area contributed by atoms with Gasteiger partial charge >= 0.3 is 0 Å². The van der Waals surface area contributed by atoms with Crippen molar-refractivity contribution >= 4 is 17.5 Å². The van der Waals surface area contributed by atoms with Crippen LogP contribution in [0.25, 0.3) is 16.9 Å². The number of nitrogens with one attached hydrogen (secondary N) is 1. The van der Waals surface area contributed by atoms with Gasteiger partial charge in [-0.15, -0.1) is 0 Å². The fourth-order valence-corrected chi connectivity index (χ4v) is 3.34. The highest BCUT2D eigenvalue weighted by Crippen LogP contribution is 2.23. The van der Waals surface area contributed by atoms with E-state index in [1.807, 2.05) is 36.4 Å². The molecular formula is C25H19F3N4O2. The molecule has 0 fully saturated rings. The monoisotopic (exact) mass is 464 g/mol. The predicted octanol–water partition coefficient (Wildman–Crippen LogP) is 4.67. The van der Waals surface area contributed by atoms with Crippen LogP contribution in [0.1, 0.15) is 10.5 Å². The standard InChI is InChI=1S/C25H19F3N4O2/c1-31(15-22(33)29-19-13-12-18(26)23(27)24(19)28)25(34)21-14-20(16-8-4-2-5-9-16)30-32(21)17-10-6-3-7-11-17/h2-14H,15H2,1H3,(H,29,33). The first-order valence-electron chi connectivity index (χ1n) is 10.2.